The molecule has 0 radical (unpaired) electrons. The lowest BCUT2D eigenvalue weighted by molar-refractivity contribution is 0.199. The van der Waals surface area contributed by atoms with Gasteiger partial charge in [-0.15, -0.1) is 0 Å². The fraction of sp³-hybridized carbons (Fsp3) is 0.167. The third-order valence-corrected chi connectivity index (χ3v) is 4.84. The Kier molecular flexibility index (Phi) is 5.29. The smallest absolute Gasteiger partial charge is 0.325 e. The molecule has 5 heteroatoms. The summed E-state index contributed by atoms with van der Waals surface area (Å²) >= 11 is 0. The summed E-state index contributed by atoms with van der Waals surface area (Å²) in [6.07, 6.45) is 0. The maximum absolute atomic E-state index is 12.6. The number of aliphatic imine (C=N–C) groups is 1. The van der Waals surface area contributed by atoms with E-state index >= 15 is 0 Å². The van der Waals surface area contributed by atoms with Crippen LogP contribution >= 0.6 is 0 Å². The Morgan fingerprint density at radius 3 is 2.24 bits per heavy atom. The van der Waals surface area contributed by atoms with Crippen molar-refractivity contribution in [3.05, 3.63) is 90.0 Å². The molecule has 5 nitrogen and oxygen atoms in total. The average Bonchev–Trinajstić information content (AvgIpc) is 3.00. The maximum Gasteiger partial charge on any atom is 0.325 e. The molecule has 3 aromatic rings. The van der Waals surface area contributed by atoms with Crippen molar-refractivity contribution < 1.29 is 9.53 Å². The second-order valence-corrected chi connectivity index (χ2v) is 7.12. The monoisotopic (exact) mass is 385 g/mol. The van der Waals surface area contributed by atoms with Gasteiger partial charge in [0.05, 0.1) is 12.2 Å². The summed E-state index contributed by atoms with van der Waals surface area (Å²) in [7, 11) is 1.77. The van der Waals surface area contributed by atoms with E-state index in [-0.39, 0.29) is 6.03 Å². The Labute approximate surface area is 170 Å². The first-order chi connectivity index (χ1) is 14.1. The fourth-order valence-electron chi connectivity index (χ4n) is 3.18. The molecule has 0 aliphatic carbocycles. The fourth-order valence-corrected chi connectivity index (χ4v) is 3.18. The molecule has 0 aromatic heterocycles. The van der Waals surface area contributed by atoms with Gasteiger partial charge in [0.15, 0.2) is 0 Å². The number of hydrogen-bond acceptors (Lipinski definition) is 3. The van der Waals surface area contributed by atoms with Crippen LogP contribution in [0.4, 0.5) is 10.5 Å². The van der Waals surface area contributed by atoms with Crippen molar-refractivity contribution in [2.24, 2.45) is 4.99 Å². The average molecular weight is 385 g/mol. The van der Waals surface area contributed by atoms with Crippen LogP contribution < -0.4 is 4.74 Å². The number of amidine groups is 1. The van der Waals surface area contributed by atoms with Crippen LogP contribution in [0.25, 0.3) is 0 Å². The van der Waals surface area contributed by atoms with Gasteiger partial charge in [0, 0.05) is 13.6 Å². The van der Waals surface area contributed by atoms with Gasteiger partial charge in [-0.3, -0.25) is 4.90 Å². The van der Waals surface area contributed by atoms with Crippen LogP contribution in [-0.2, 0) is 6.54 Å². The Bertz CT molecular complexity index is 1010. The number of likely N-dealkylation sites (N-methyl/N-ethyl adjacent to an activating group) is 1. The highest BCUT2D eigenvalue weighted by atomic mass is 16.5. The van der Waals surface area contributed by atoms with Crippen molar-refractivity contribution in [1.82, 2.24) is 9.80 Å². The SMILES string of the molecule is Cc1ccc(CN2C/C(=N/c3ccc(Oc4ccccc4)cc3)N(C)C2=O)cc1. The zero-order valence-electron chi connectivity index (χ0n) is 16.6. The number of rotatable bonds is 5. The Morgan fingerprint density at radius 1 is 0.897 bits per heavy atom. The number of urea groups is 1. The zero-order chi connectivity index (χ0) is 20.2. The van der Waals surface area contributed by atoms with Crippen LogP contribution in [0.3, 0.4) is 0 Å². The van der Waals surface area contributed by atoms with Crippen molar-refractivity contribution >= 4 is 17.6 Å². The lowest BCUT2D eigenvalue weighted by Crippen LogP contribution is -2.29. The van der Waals surface area contributed by atoms with Gasteiger partial charge in [-0.05, 0) is 48.9 Å². The normalized spacial score (nSPS) is 15.2. The summed E-state index contributed by atoms with van der Waals surface area (Å²) < 4.78 is 5.81. The predicted molar refractivity (Wildman–Crippen MR) is 115 cm³/mol. The number of nitrogens with zero attached hydrogens (tertiary/aromatic N) is 3. The first-order valence-electron chi connectivity index (χ1n) is 9.57. The molecule has 1 saturated heterocycles. The number of amides is 2. The number of benzene rings is 3. The molecule has 0 saturated carbocycles. The summed E-state index contributed by atoms with van der Waals surface area (Å²) in [6.45, 7) is 3.12. The second kappa shape index (κ2) is 8.19. The van der Waals surface area contributed by atoms with E-state index in [0.717, 1.165) is 28.6 Å². The number of carbonyl (C=O) groups is 1. The van der Waals surface area contributed by atoms with Gasteiger partial charge >= 0.3 is 6.03 Å². The number of hydrogen-bond donors (Lipinski definition) is 0. The predicted octanol–water partition coefficient (Wildman–Crippen LogP) is 5.38. The van der Waals surface area contributed by atoms with Crippen molar-refractivity contribution in [3.8, 4) is 11.5 Å². The second-order valence-electron chi connectivity index (χ2n) is 7.12. The minimum atomic E-state index is -0.0339. The van der Waals surface area contributed by atoms with Gasteiger partial charge < -0.3 is 9.64 Å². The molecular weight excluding hydrogens is 362 g/mol. The van der Waals surface area contributed by atoms with Crippen molar-refractivity contribution in [1.29, 1.82) is 0 Å². The molecule has 3 aromatic carbocycles. The van der Waals surface area contributed by atoms with E-state index in [9.17, 15) is 4.79 Å². The largest absolute Gasteiger partial charge is 0.457 e. The highest BCUT2D eigenvalue weighted by molar-refractivity contribution is 6.05. The summed E-state index contributed by atoms with van der Waals surface area (Å²) in [5.41, 5.74) is 3.11. The molecule has 2 amide bonds. The third kappa shape index (κ3) is 4.46. The maximum atomic E-state index is 12.6. The Hall–Kier alpha value is -3.60. The molecule has 1 fully saturated rings. The molecule has 0 unspecified atom stereocenters. The first kappa shape index (κ1) is 18.7. The van der Waals surface area contributed by atoms with Crippen molar-refractivity contribution in [2.45, 2.75) is 13.5 Å². The molecule has 0 bridgehead atoms. The molecule has 29 heavy (non-hydrogen) atoms. The topological polar surface area (TPSA) is 45.1 Å². The van der Waals surface area contributed by atoms with Crippen LogP contribution in [0.15, 0.2) is 83.9 Å². The molecule has 0 spiro atoms. The third-order valence-electron chi connectivity index (χ3n) is 4.84. The summed E-state index contributed by atoms with van der Waals surface area (Å²) in [5.74, 6) is 2.27. The molecule has 1 aliphatic heterocycles. The van der Waals surface area contributed by atoms with Crippen molar-refractivity contribution in [2.75, 3.05) is 13.6 Å². The van der Waals surface area contributed by atoms with E-state index < -0.39 is 0 Å². The van der Waals surface area contributed by atoms with Crippen LogP contribution in [0.2, 0.25) is 0 Å². The molecule has 1 heterocycles. The molecule has 0 N–H and O–H groups in total. The van der Waals surface area contributed by atoms with E-state index in [2.05, 4.69) is 36.2 Å². The lowest BCUT2D eigenvalue weighted by Gasteiger charge is -2.14. The van der Waals surface area contributed by atoms with Gasteiger partial charge in [-0.2, -0.15) is 0 Å². The van der Waals surface area contributed by atoms with Gasteiger partial charge in [-0.25, -0.2) is 9.79 Å². The van der Waals surface area contributed by atoms with E-state index in [1.165, 1.54) is 5.56 Å². The van der Waals surface area contributed by atoms with E-state index in [1.807, 2.05) is 54.6 Å². The molecular formula is C24H23N3O2. The minimum Gasteiger partial charge on any atom is -0.457 e. The van der Waals surface area contributed by atoms with Gasteiger partial charge in [-0.1, -0.05) is 48.0 Å². The van der Waals surface area contributed by atoms with Crippen LogP contribution in [0.1, 0.15) is 11.1 Å². The number of aryl methyl sites for hydroxylation is 1. The van der Waals surface area contributed by atoms with Crippen LogP contribution in [0.5, 0.6) is 11.5 Å². The summed E-state index contributed by atoms with van der Waals surface area (Å²) in [5, 5.41) is 0. The summed E-state index contributed by atoms with van der Waals surface area (Å²) in [6, 6.07) is 25.4. The van der Waals surface area contributed by atoms with E-state index in [4.69, 9.17) is 4.74 Å². The number of carbonyl (C=O) groups excluding carboxylic acids is 1. The minimum absolute atomic E-state index is 0.0339. The quantitative estimate of drug-likeness (QED) is 0.591. The Morgan fingerprint density at radius 2 is 1.55 bits per heavy atom. The zero-order valence-corrected chi connectivity index (χ0v) is 16.6. The summed E-state index contributed by atoms with van der Waals surface area (Å²) in [4.78, 5) is 20.7. The lowest BCUT2D eigenvalue weighted by atomic mass is 10.1. The van der Waals surface area contributed by atoms with Crippen LogP contribution in [0, 0.1) is 6.92 Å². The van der Waals surface area contributed by atoms with Gasteiger partial charge in [0.2, 0.25) is 0 Å². The number of ether oxygens (including phenoxy) is 1. The van der Waals surface area contributed by atoms with E-state index in [1.54, 1.807) is 16.8 Å². The molecule has 4 rings (SSSR count). The number of para-hydroxylation sites is 1. The molecule has 146 valence electrons. The van der Waals surface area contributed by atoms with Crippen molar-refractivity contribution in [3.63, 3.8) is 0 Å². The van der Waals surface area contributed by atoms with Gasteiger partial charge in [0.25, 0.3) is 0 Å². The Balaban J connectivity index is 1.44. The standard InChI is InChI=1S/C24H23N3O2/c1-18-8-10-19(11-9-18)16-27-17-23(26(2)24(27)28)25-20-12-14-22(15-13-20)29-21-6-4-3-5-7-21/h3-15H,16-17H2,1-2H3/b25-23-. The highest BCUT2D eigenvalue weighted by Crippen LogP contribution is 2.25. The van der Waals surface area contributed by atoms with E-state index in [0.29, 0.717) is 13.1 Å². The van der Waals surface area contributed by atoms with Gasteiger partial charge in [0.1, 0.15) is 17.3 Å². The molecule has 1 aliphatic rings. The highest BCUT2D eigenvalue weighted by Gasteiger charge is 2.31. The first-order valence-corrected chi connectivity index (χ1v) is 9.57. The van der Waals surface area contributed by atoms with Crippen LogP contribution in [-0.4, -0.2) is 35.3 Å². The molecule has 0 atom stereocenters.